The van der Waals surface area contributed by atoms with Gasteiger partial charge in [0.2, 0.25) is 5.56 Å². The van der Waals surface area contributed by atoms with Crippen molar-refractivity contribution in [3.63, 3.8) is 0 Å². The molecule has 4 nitrogen and oxygen atoms in total. The number of hydrogen-bond donors (Lipinski definition) is 1. The minimum absolute atomic E-state index is 0.0628. The predicted molar refractivity (Wildman–Crippen MR) is 109 cm³/mol. The van der Waals surface area contributed by atoms with E-state index in [1.807, 2.05) is 12.1 Å². The number of piperazine rings is 1. The lowest BCUT2D eigenvalue weighted by molar-refractivity contribution is 0.209. The van der Waals surface area contributed by atoms with Crippen LogP contribution >= 0.6 is 0 Å². The Morgan fingerprint density at radius 2 is 1.54 bits per heavy atom. The van der Waals surface area contributed by atoms with Gasteiger partial charge in [-0.2, -0.15) is 0 Å². The van der Waals surface area contributed by atoms with Crippen LogP contribution in [0.4, 0.5) is 5.69 Å². The van der Waals surface area contributed by atoms with Crippen LogP contribution in [0, 0.1) is 0 Å². The number of benzene rings is 2. The van der Waals surface area contributed by atoms with Crippen molar-refractivity contribution in [2.45, 2.75) is 19.9 Å². The van der Waals surface area contributed by atoms with Crippen molar-refractivity contribution in [1.29, 1.82) is 0 Å². The van der Waals surface area contributed by atoms with Gasteiger partial charge in [0.15, 0.2) is 0 Å². The Morgan fingerprint density at radius 3 is 2.23 bits per heavy atom. The maximum absolute atomic E-state index is 11.4. The highest BCUT2D eigenvalue weighted by atomic mass is 16.1. The molecule has 0 bridgehead atoms. The zero-order valence-electron chi connectivity index (χ0n) is 15.4. The number of H-pyrrole nitrogens is 1. The van der Waals surface area contributed by atoms with Crippen LogP contribution in [-0.2, 0) is 0 Å². The Hall–Kier alpha value is -2.59. The molecule has 26 heavy (non-hydrogen) atoms. The van der Waals surface area contributed by atoms with Gasteiger partial charge in [-0.25, -0.2) is 0 Å². The molecule has 0 amide bonds. The molecule has 1 fully saturated rings. The minimum Gasteiger partial charge on any atom is -0.369 e. The fraction of sp³-hybridized carbons (Fsp3) is 0.318. The van der Waals surface area contributed by atoms with Crippen molar-refractivity contribution >= 4 is 16.6 Å². The van der Waals surface area contributed by atoms with Gasteiger partial charge >= 0.3 is 0 Å². The molecule has 0 spiro atoms. The standard InChI is InChI=1S/C22H25N3O/c1-16(2)24-11-13-25(14-12-24)20-7-3-17(4-8-20)18-5-9-21-19(15-18)6-10-22(26)23-21/h3-10,15-16H,11-14H2,1-2H3,(H,23,26). The summed E-state index contributed by atoms with van der Waals surface area (Å²) in [5.41, 5.74) is 4.47. The third-order valence-electron chi connectivity index (χ3n) is 5.33. The second kappa shape index (κ2) is 6.96. The van der Waals surface area contributed by atoms with E-state index in [-0.39, 0.29) is 5.56 Å². The molecule has 4 heteroatoms. The summed E-state index contributed by atoms with van der Waals surface area (Å²) in [4.78, 5) is 19.3. The Labute approximate surface area is 154 Å². The van der Waals surface area contributed by atoms with Crippen LogP contribution in [0.15, 0.2) is 59.4 Å². The largest absolute Gasteiger partial charge is 0.369 e. The number of aromatic nitrogens is 1. The number of fused-ring (bicyclic) bond motifs is 1. The van der Waals surface area contributed by atoms with Crippen molar-refractivity contribution in [1.82, 2.24) is 9.88 Å². The summed E-state index contributed by atoms with van der Waals surface area (Å²) < 4.78 is 0. The van der Waals surface area contributed by atoms with Gasteiger partial charge in [0.1, 0.15) is 0 Å². The first-order valence-corrected chi connectivity index (χ1v) is 9.33. The summed E-state index contributed by atoms with van der Waals surface area (Å²) in [5.74, 6) is 0. The minimum atomic E-state index is -0.0628. The van der Waals surface area contributed by atoms with Crippen molar-refractivity contribution in [2.75, 3.05) is 31.1 Å². The summed E-state index contributed by atoms with van der Waals surface area (Å²) in [6.07, 6.45) is 0. The van der Waals surface area contributed by atoms with Crippen molar-refractivity contribution in [3.05, 3.63) is 65.0 Å². The van der Waals surface area contributed by atoms with E-state index in [0.29, 0.717) is 6.04 Å². The molecule has 1 saturated heterocycles. The molecule has 4 rings (SSSR count). The number of nitrogens with one attached hydrogen (secondary N) is 1. The zero-order chi connectivity index (χ0) is 18.1. The van der Waals surface area contributed by atoms with Crippen LogP contribution in [-0.4, -0.2) is 42.1 Å². The van der Waals surface area contributed by atoms with Gasteiger partial charge in [0, 0.05) is 49.5 Å². The smallest absolute Gasteiger partial charge is 0.248 e. The molecule has 0 aliphatic carbocycles. The number of aromatic amines is 1. The second-order valence-corrected chi connectivity index (χ2v) is 7.29. The number of anilines is 1. The normalized spacial score (nSPS) is 15.7. The molecule has 1 aromatic heterocycles. The molecule has 2 heterocycles. The van der Waals surface area contributed by atoms with E-state index in [1.54, 1.807) is 6.07 Å². The number of hydrogen-bond acceptors (Lipinski definition) is 3. The lowest BCUT2D eigenvalue weighted by atomic mass is 10.0. The highest BCUT2D eigenvalue weighted by Gasteiger charge is 2.18. The monoisotopic (exact) mass is 347 g/mol. The van der Waals surface area contributed by atoms with Crippen LogP contribution in [0.25, 0.3) is 22.0 Å². The van der Waals surface area contributed by atoms with Crippen molar-refractivity contribution in [2.24, 2.45) is 0 Å². The zero-order valence-corrected chi connectivity index (χ0v) is 15.4. The van der Waals surface area contributed by atoms with Crippen LogP contribution < -0.4 is 10.5 Å². The van der Waals surface area contributed by atoms with Gasteiger partial charge in [0.25, 0.3) is 0 Å². The topological polar surface area (TPSA) is 39.3 Å². The van der Waals surface area contributed by atoms with Crippen LogP contribution in [0.5, 0.6) is 0 Å². The SMILES string of the molecule is CC(C)N1CCN(c2ccc(-c3ccc4[nH]c(=O)ccc4c3)cc2)CC1. The van der Waals surface area contributed by atoms with Crippen LogP contribution in [0.3, 0.4) is 0 Å². The maximum atomic E-state index is 11.4. The number of pyridine rings is 1. The summed E-state index contributed by atoms with van der Waals surface area (Å²) in [7, 11) is 0. The molecule has 3 aromatic rings. The van der Waals surface area contributed by atoms with Gasteiger partial charge in [-0.15, -0.1) is 0 Å². The molecule has 134 valence electrons. The van der Waals surface area contributed by atoms with Gasteiger partial charge in [-0.3, -0.25) is 9.69 Å². The maximum Gasteiger partial charge on any atom is 0.248 e. The number of nitrogens with zero attached hydrogens (tertiary/aromatic N) is 2. The van der Waals surface area contributed by atoms with E-state index in [2.05, 4.69) is 65.0 Å². The molecule has 2 aromatic carbocycles. The Bertz CT molecular complexity index is 951. The Balaban J connectivity index is 1.53. The first kappa shape index (κ1) is 16.9. The fourth-order valence-electron chi connectivity index (χ4n) is 3.70. The van der Waals surface area contributed by atoms with E-state index >= 15 is 0 Å². The molecule has 0 unspecified atom stereocenters. The van der Waals surface area contributed by atoms with Crippen LogP contribution in [0.1, 0.15) is 13.8 Å². The summed E-state index contributed by atoms with van der Waals surface area (Å²) in [6, 6.07) is 19.1. The molecular formula is C22H25N3O. The fourth-order valence-corrected chi connectivity index (χ4v) is 3.70. The quantitative estimate of drug-likeness (QED) is 0.785. The van der Waals surface area contributed by atoms with Gasteiger partial charge in [0.05, 0.1) is 0 Å². The molecular weight excluding hydrogens is 322 g/mol. The van der Waals surface area contributed by atoms with E-state index in [9.17, 15) is 4.79 Å². The van der Waals surface area contributed by atoms with E-state index in [4.69, 9.17) is 0 Å². The highest BCUT2D eigenvalue weighted by molar-refractivity contribution is 5.84. The highest BCUT2D eigenvalue weighted by Crippen LogP contribution is 2.26. The molecule has 0 radical (unpaired) electrons. The molecule has 0 atom stereocenters. The van der Waals surface area contributed by atoms with Gasteiger partial charge in [-0.1, -0.05) is 18.2 Å². The molecule has 1 aliphatic rings. The summed E-state index contributed by atoms with van der Waals surface area (Å²) in [5, 5.41) is 1.05. The molecule has 0 saturated carbocycles. The third kappa shape index (κ3) is 3.37. The van der Waals surface area contributed by atoms with Gasteiger partial charge < -0.3 is 9.88 Å². The van der Waals surface area contributed by atoms with Crippen molar-refractivity contribution < 1.29 is 0 Å². The second-order valence-electron chi connectivity index (χ2n) is 7.29. The average molecular weight is 347 g/mol. The first-order chi connectivity index (χ1) is 12.6. The van der Waals surface area contributed by atoms with E-state index in [1.165, 1.54) is 16.8 Å². The lowest BCUT2D eigenvalue weighted by Crippen LogP contribution is -2.48. The Kier molecular flexibility index (Phi) is 4.51. The third-order valence-corrected chi connectivity index (χ3v) is 5.33. The molecule has 1 aliphatic heterocycles. The van der Waals surface area contributed by atoms with E-state index < -0.39 is 0 Å². The first-order valence-electron chi connectivity index (χ1n) is 9.33. The van der Waals surface area contributed by atoms with Crippen molar-refractivity contribution in [3.8, 4) is 11.1 Å². The molecule has 1 N–H and O–H groups in total. The average Bonchev–Trinajstić information content (AvgIpc) is 2.68. The number of rotatable bonds is 3. The predicted octanol–water partition coefficient (Wildman–Crippen LogP) is 3.73. The van der Waals surface area contributed by atoms with Gasteiger partial charge in [-0.05, 0) is 60.7 Å². The van der Waals surface area contributed by atoms with E-state index in [0.717, 1.165) is 37.1 Å². The lowest BCUT2D eigenvalue weighted by Gasteiger charge is -2.38. The summed E-state index contributed by atoms with van der Waals surface area (Å²) in [6.45, 7) is 8.96. The Morgan fingerprint density at radius 1 is 0.846 bits per heavy atom. The summed E-state index contributed by atoms with van der Waals surface area (Å²) >= 11 is 0. The van der Waals surface area contributed by atoms with Crippen LogP contribution in [0.2, 0.25) is 0 Å².